The molecular weight excluding hydrogens is 309 g/mol. The third-order valence-electron chi connectivity index (χ3n) is 0.617. The van der Waals surface area contributed by atoms with Crippen LogP contribution in [0.2, 0.25) is 0 Å². The summed E-state index contributed by atoms with van der Waals surface area (Å²) in [4.78, 5) is 0. The first-order chi connectivity index (χ1) is 3.30. The first-order valence-corrected chi connectivity index (χ1v) is 2.15. The number of H-pyrrole nitrogens is 1. The molecule has 1 heterocycles. The normalized spacial score (nSPS) is 8.12. The quantitative estimate of drug-likeness (QED) is 0.536. The van der Waals surface area contributed by atoms with Crippen molar-refractivity contribution in [3.63, 3.8) is 0 Å². The zero-order valence-corrected chi connectivity index (χ0v) is 7.03. The molecule has 0 aliphatic rings. The van der Waals surface area contributed by atoms with Gasteiger partial charge in [0.2, 0.25) is 4.77 Å². The fraction of sp³-hybridized carbons (Fsp3) is 0.500. The SMILES string of the molecule is Cn1[nH]nnc1=S.[Au+]. The van der Waals surface area contributed by atoms with E-state index in [1.54, 1.807) is 11.7 Å². The Labute approximate surface area is 66.8 Å². The molecular formula is C2H4AuN4S+. The van der Waals surface area contributed by atoms with E-state index in [-0.39, 0.29) is 22.4 Å². The van der Waals surface area contributed by atoms with Crippen LogP contribution in [0.15, 0.2) is 0 Å². The molecule has 8 heavy (non-hydrogen) atoms. The first-order valence-electron chi connectivity index (χ1n) is 1.75. The van der Waals surface area contributed by atoms with E-state index in [4.69, 9.17) is 0 Å². The summed E-state index contributed by atoms with van der Waals surface area (Å²) in [5.41, 5.74) is 0. The molecule has 0 fully saturated rings. The molecule has 0 aliphatic heterocycles. The second kappa shape index (κ2) is 3.14. The van der Waals surface area contributed by atoms with Gasteiger partial charge in [0, 0.05) is 7.05 Å². The molecule has 1 aromatic heterocycles. The molecule has 0 unspecified atom stereocenters. The molecule has 0 aromatic carbocycles. The summed E-state index contributed by atoms with van der Waals surface area (Å²) in [6, 6.07) is 0. The fourth-order valence-electron chi connectivity index (χ4n) is 0.242. The third-order valence-corrected chi connectivity index (χ3v) is 0.973. The molecule has 0 aliphatic carbocycles. The van der Waals surface area contributed by atoms with Gasteiger partial charge in [-0.1, -0.05) is 10.3 Å². The number of hydrogen-bond donors (Lipinski definition) is 1. The van der Waals surface area contributed by atoms with Gasteiger partial charge in [-0.3, -0.25) is 0 Å². The van der Waals surface area contributed by atoms with Crippen molar-refractivity contribution in [1.82, 2.24) is 20.2 Å². The van der Waals surface area contributed by atoms with Gasteiger partial charge in [0.05, 0.1) is 0 Å². The van der Waals surface area contributed by atoms with Crippen molar-refractivity contribution in [3.05, 3.63) is 4.77 Å². The fourth-order valence-corrected chi connectivity index (χ4v) is 0.324. The summed E-state index contributed by atoms with van der Waals surface area (Å²) in [6.45, 7) is 0. The largest absolute Gasteiger partial charge is 1.00 e. The first kappa shape index (κ1) is 8.03. The van der Waals surface area contributed by atoms with Gasteiger partial charge in [-0.25, -0.2) is 4.68 Å². The van der Waals surface area contributed by atoms with E-state index in [1.807, 2.05) is 0 Å². The summed E-state index contributed by atoms with van der Waals surface area (Å²) in [7, 11) is 1.75. The van der Waals surface area contributed by atoms with Crippen LogP contribution in [0.25, 0.3) is 0 Å². The Balaban J connectivity index is 0.000000490. The van der Waals surface area contributed by atoms with Crippen LogP contribution < -0.4 is 0 Å². The van der Waals surface area contributed by atoms with E-state index < -0.39 is 0 Å². The van der Waals surface area contributed by atoms with E-state index in [9.17, 15) is 0 Å². The van der Waals surface area contributed by atoms with Crippen LogP contribution in [0.4, 0.5) is 0 Å². The van der Waals surface area contributed by atoms with E-state index in [1.165, 1.54) is 0 Å². The average Bonchev–Trinajstić information content (AvgIpc) is 1.91. The number of tetrazole rings is 1. The van der Waals surface area contributed by atoms with Gasteiger partial charge in [-0.05, 0) is 12.2 Å². The number of aromatic amines is 1. The van der Waals surface area contributed by atoms with Crippen LogP contribution in [0.5, 0.6) is 0 Å². The van der Waals surface area contributed by atoms with Gasteiger partial charge in [0.15, 0.2) is 0 Å². The number of aromatic nitrogens is 4. The van der Waals surface area contributed by atoms with Crippen molar-refractivity contribution >= 4 is 12.2 Å². The Bertz CT molecular complexity index is 202. The second-order valence-electron chi connectivity index (χ2n) is 1.14. The van der Waals surface area contributed by atoms with Gasteiger partial charge in [0.25, 0.3) is 0 Å². The number of aryl methyl sites for hydroxylation is 1. The summed E-state index contributed by atoms with van der Waals surface area (Å²) < 4.78 is 2.02. The van der Waals surface area contributed by atoms with Gasteiger partial charge in [0.1, 0.15) is 0 Å². The van der Waals surface area contributed by atoms with Crippen molar-refractivity contribution in [2.75, 3.05) is 0 Å². The van der Waals surface area contributed by atoms with Crippen molar-refractivity contribution in [3.8, 4) is 0 Å². The summed E-state index contributed by atoms with van der Waals surface area (Å²) in [5.74, 6) is 0. The second-order valence-corrected chi connectivity index (χ2v) is 1.51. The molecule has 0 radical (unpaired) electrons. The summed E-state index contributed by atoms with van der Waals surface area (Å²) in [5, 5.41) is 9.41. The number of nitrogens with zero attached hydrogens (tertiary/aromatic N) is 3. The van der Waals surface area contributed by atoms with E-state index >= 15 is 0 Å². The predicted molar refractivity (Wildman–Crippen MR) is 26.2 cm³/mol. The van der Waals surface area contributed by atoms with Crippen LogP contribution in [-0.4, -0.2) is 20.2 Å². The van der Waals surface area contributed by atoms with E-state index in [2.05, 4.69) is 27.7 Å². The molecule has 0 saturated heterocycles. The Kier molecular flexibility index (Phi) is 3.15. The maximum absolute atomic E-state index is 4.64. The Morgan fingerprint density at radius 1 is 1.75 bits per heavy atom. The minimum Gasteiger partial charge on any atom is -0.246 e. The van der Waals surface area contributed by atoms with Crippen molar-refractivity contribution in [2.45, 2.75) is 0 Å². The number of hydrogen-bond acceptors (Lipinski definition) is 3. The predicted octanol–water partition coefficient (Wildman–Crippen LogP) is -0.130. The zero-order valence-electron chi connectivity index (χ0n) is 4.05. The monoisotopic (exact) mass is 313 g/mol. The summed E-state index contributed by atoms with van der Waals surface area (Å²) in [6.07, 6.45) is 0. The molecule has 6 heteroatoms. The number of rotatable bonds is 0. The number of nitrogens with one attached hydrogen (secondary N) is 1. The molecule has 0 spiro atoms. The van der Waals surface area contributed by atoms with Crippen LogP contribution in [0, 0.1) is 4.77 Å². The van der Waals surface area contributed by atoms with Crippen molar-refractivity contribution in [1.29, 1.82) is 0 Å². The molecule has 48 valence electrons. The van der Waals surface area contributed by atoms with Crippen LogP contribution in [-0.2, 0) is 29.4 Å². The van der Waals surface area contributed by atoms with Gasteiger partial charge >= 0.3 is 22.4 Å². The maximum atomic E-state index is 4.64. The zero-order chi connectivity index (χ0) is 5.28. The van der Waals surface area contributed by atoms with Crippen LogP contribution in [0.1, 0.15) is 0 Å². The average molecular weight is 313 g/mol. The maximum Gasteiger partial charge on any atom is 1.00 e. The molecule has 0 atom stereocenters. The van der Waals surface area contributed by atoms with Crippen molar-refractivity contribution < 1.29 is 22.4 Å². The Morgan fingerprint density at radius 2 is 2.38 bits per heavy atom. The molecule has 4 nitrogen and oxygen atoms in total. The molecule has 1 N–H and O–H groups in total. The third kappa shape index (κ3) is 1.52. The molecule has 0 amide bonds. The molecule has 0 saturated carbocycles. The van der Waals surface area contributed by atoms with E-state index in [0.717, 1.165) is 0 Å². The van der Waals surface area contributed by atoms with Crippen LogP contribution in [0.3, 0.4) is 0 Å². The van der Waals surface area contributed by atoms with Gasteiger partial charge in [-0.2, -0.15) is 5.21 Å². The molecule has 1 rings (SSSR count). The van der Waals surface area contributed by atoms with E-state index in [0.29, 0.717) is 4.77 Å². The van der Waals surface area contributed by atoms with Crippen molar-refractivity contribution in [2.24, 2.45) is 7.05 Å². The van der Waals surface area contributed by atoms with Gasteiger partial charge in [-0.15, -0.1) is 0 Å². The smallest absolute Gasteiger partial charge is 0.246 e. The minimum absolute atomic E-state index is 0. The topological polar surface area (TPSA) is 46.5 Å². The summed E-state index contributed by atoms with van der Waals surface area (Å²) >= 11 is 4.64. The van der Waals surface area contributed by atoms with Gasteiger partial charge < -0.3 is 0 Å². The molecule has 1 aromatic rings. The van der Waals surface area contributed by atoms with Crippen LogP contribution >= 0.6 is 12.2 Å². The standard InChI is InChI=1S/C2H4N4S.Au/c1-6-2(7)3-4-5-6;/h1H3,(H,3,5,7);/q;+1. The Morgan fingerprint density at radius 3 is 2.50 bits per heavy atom. The molecule has 0 bridgehead atoms. The Hall–Kier alpha value is 0.0303. The minimum atomic E-state index is 0.